The minimum atomic E-state index is -0.266. The first kappa shape index (κ1) is 21.1. The van der Waals surface area contributed by atoms with Gasteiger partial charge < -0.3 is 4.98 Å². The third kappa shape index (κ3) is 3.84. The molecular weight excluding hydrogens is 408 g/mol. The van der Waals surface area contributed by atoms with Crippen molar-refractivity contribution in [1.82, 2.24) is 19.5 Å². The summed E-state index contributed by atoms with van der Waals surface area (Å²) in [6, 6.07) is 21.5. The molecule has 0 aliphatic rings. The first-order valence-electron chi connectivity index (χ1n) is 11.5. The summed E-state index contributed by atoms with van der Waals surface area (Å²) >= 11 is 0. The fourth-order valence-electron chi connectivity index (χ4n) is 4.46. The van der Waals surface area contributed by atoms with Crippen molar-refractivity contribution in [3.63, 3.8) is 0 Å². The van der Waals surface area contributed by atoms with Crippen molar-refractivity contribution in [2.45, 2.75) is 40.2 Å². The highest BCUT2D eigenvalue weighted by molar-refractivity contribution is 5.80. The van der Waals surface area contributed by atoms with Gasteiger partial charge in [-0.05, 0) is 61.6 Å². The summed E-state index contributed by atoms with van der Waals surface area (Å²) in [6.07, 6.45) is 0.761. The molecule has 0 saturated heterocycles. The number of para-hydroxylation sites is 1. The number of nitrogens with one attached hydrogen (secondary N) is 1. The fraction of sp³-hybridized carbons (Fsp3) is 0.250. The summed E-state index contributed by atoms with van der Waals surface area (Å²) < 4.78 is 1.84. The summed E-state index contributed by atoms with van der Waals surface area (Å²) in [4.78, 5) is 27.4. The zero-order valence-corrected chi connectivity index (χ0v) is 19.5. The van der Waals surface area contributed by atoms with Crippen molar-refractivity contribution in [1.29, 1.82) is 0 Å². The lowest BCUT2D eigenvalue weighted by atomic mass is 10.0. The average molecular weight is 437 g/mol. The van der Waals surface area contributed by atoms with Gasteiger partial charge in [0.2, 0.25) is 0 Å². The standard InChI is InChI=1S/C28H28N4O/c1-17(2)14-25(26-29-23-15-18(3)19(4)16-24(23)30-26)32-27(20-10-6-5-7-11-20)31-22-13-9-8-12-21(22)28(32)33/h5-13,15-17,25H,14H2,1-4H3,(H,29,30). The number of benzene rings is 3. The Balaban J connectivity index is 1.81. The quantitative estimate of drug-likeness (QED) is 0.357. The molecule has 0 spiro atoms. The van der Waals surface area contributed by atoms with Gasteiger partial charge in [-0.25, -0.2) is 9.97 Å². The van der Waals surface area contributed by atoms with Crippen LogP contribution in [0.25, 0.3) is 33.3 Å². The Morgan fingerprint density at radius 3 is 2.33 bits per heavy atom. The molecular formula is C28H28N4O. The minimum Gasteiger partial charge on any atom is -0.340 e. The van der Waals surface area contributed by atoms with Crippen LogP contribution in [0.4, 0.5) is 0 Å². The van der Waals surface area contributed by atoms with Crippen LogP contribution < -0.4 is 5.56 Å². The van der Waals surface area contributed by atoms with Crippen LogP contribution in [-0.2, 0) is 0 Å². The van der Waals surface area contributed by atoms with Gasteiger partial charge in [0.1, 0.15) is 11.6 Å². The van der Waals surface area contributed by atoms with E-state index in [9.17, 15) is 4.79 Å². The Hall–Kier alpha value is -3.73. The molecule has 33 heavy (non-hydrogen) atoms. The highest BCUT2D eigenvalue weighted by Gasteiger charge is 2.25. The number of aromatic amines is 1. The first-order valence-corrected chi connectivity index (χ1v) is 11.5. The van der Waals surface area contributed by atoms with Gasteiger partial charge in [-0.1, -0.05) is 56.3 Å². The van der Waals surface area contributed by atoms with Gasteiger partial charge in [-0.2, -0.15) is 0 Å². The lowest BCUT2D eigenvalue weighted by Gasteiger charge is -2.23. The maximum atomic E-state index is 13.9. The van der Waals surface area contributed by atoms with E-state index in [2.05, 4.69) is 44.8 Å². The molecule has 5 heteroatoms. The minimum absolute atomic E-state index is 0.0436. The van der Waals surface area contributed by atoms with E-state index in [1.807, 2.05) is 59.2 Å². The first-order chi connectivity index (χ1) is 15.9. The number of imidazole rings is 1. The molecule has 5 aromatic rings. The largest absolute Gasteiger partial charge is 0.340 e. The van der Waals surface area contributed by atoms with Crippen LogP contribution in [0, 0.1) is 19.8 Å². The summed E-state index contributed by atoms with van der Waals surface area (Å²) in [5.74, 6) is 1.81. The third-order valence-electron chi connectivity index (χ3n) is 6.28. The van der Waals surface area contributed by atoms with Gasteiger partial charge in [0.25, 0.3) is 5.56 Å². The predicted molar refractivity (Wildman–Crippen MR) is 135 cm³/mol. The van der Waals surface area contributed by atoms with E-state index in [0.29, 0.717) is 22.6 Å². The Bertz CT molecular complexity index is 1470. The van der Waals surface area contributed by atoms with E-state index in [1.54, 1.807) is 0 Å². The SMILES string of the molecule is Cc1cc2nc(C(CC(C)C)n3c(-c4ccccc4)nc4ccccc4c3=O)[nH]c2cc1C. The number of fused-ring (bicyclic) bond motifs is 2. The molecule has 5 rings (SSSR count). The average Bonchev–Trinajstić information content (AvgIpc) is 3.21. The lowest BCUT2D eigenvalue weighted by molar-refractivity contribution is 0.431. The topological polar surface area (TPSA) is 63.6 Å². The number of rotatable bonds is 5. The van der Waals surface area contributed by atoms with Crippen molar-refractivity contribution in [3.8, 4) is 11.4 Å². The highest BCUT2D eigenvalue weighted by atomic mass is 16.1. The lowest BCUT2D eigenvalue weighted by Crippen LogP contribution is -2.30. The van der Waals surface area contributed by atoms with Crippen molar-refractivity contribution in [3.05, 3.63) is 94.0 Å². The zero-order chi connectivity index (χ0) is 23.1. The number of hydrogen-bond acceptors (Lipinski definition) is 3. The van der Waals surface area contributed by atoms with E-state index in [-0.39, 0.29) is 11.6 Å². The second-order valence-corrected chi connectivity index (χ2v) is 9.21. The molecule has 1 N–H and O–H groups in total. The monoisotopic (exact) mass is 436 g/mol. The van der Waals surface area contributed by atoms with E-state index >= 15 is 0 Å². The Morgan fingerprint density at radius 1 is 0.879 bits per heavy atom. The fourth-order valence-corrected chi connectivity index (χ4v) is 4.46. The Kier molecular flexibility index (Phi) is 5.33. The number of hydrogen-bond donors (Lipinski definition) is 1. The maximum Gasteiger partial charge on any atom is 0.262 e. The summed E-state index contributed by atoms with van der Waals surface area (Å²) in [6.45, 7) is 8.55. The number of nitrogens with zero attached hydrogens (tertiary/aromatic N) is 3. The van der Waals surface area contributed by atoms with Crippen LogP contribution >= 0.6 is 0 Å². The molecule has 0 bridgehead atoms. The van der Waals surface area contributed by atoms with Crippen LogP contribution in [0.2, 0.25) is 0 Å². The van der Waals surface area contributed by atoms with Crippen molar-refractivity contribution >= 4 is 21.9 Å². The van der Waals surface area contributed by atoms with E-state index in [4.69, 9.17) is 9.97 Å². The summed E-state index contributed by atoms with van der Waals surface area (Å²) in [7, 11) is 0. The Labute approximate surface area is 193 Å². The van der Waals surface area contributed by atoms with Crippen LogP contribution in [0.1, 0.15) is 43.3 Å². The van der Waals surface area contributed by atoms with E-state index < -0.39 is 0 Å². The van der Waals surface area contributed by atoms with Crippen molar-refractivity contribution in [2.24, 2.45) is 5.92 Å². The molecule has 0 aliphatic carbocycles. The van der Waals surface area contributed by atoms with Gasteiger partial charge in [-0.15, -0.1) is 0 Å². The molecule has 1 atom stereocenters. The van der Waals surface area contributed by atoms with Crippen molar-refractivity contribution < 1.29 is 0 Å². The molecule has 5 nitrogen and oxygen atoms in total. The van der Waals surface area contributed by atoms with E-state index in [1.165, 1.54) is 11.1 Å². The Morgan fingerprint density at radius 2 is 1.58 bits per heavy atom. The second kappa shape index (κ2) is 8.32. The van der Waals surface area contributed by atoms with Gasteiger partial charge >= 0.3 is 0 Å². The molecule has 2 aromatic heterocycles. The molecule has 166 valence electrons. The molecule has 0 aliphatic heterocycles. The summed E-state index contributed by atoms with van der Waals surface area (Å²) in [5, 5.41) is 0.619. The molecule has 3 aromatic carbocycles. The molecule has 0 amide bonds. The van der Waals surface area contributed by atoms with Crippen LogP contribution in [0.5, 0.6) is 0 Å². The third-order valence-corrected chi connectivity index (χ3v) is 6.28. The molecule has 2 heterocycles. The van der Waals surface area contributed by atoms with Gasteiger partial charge in [-0.3, -0.25) is 9.36 Å². The van der Waals surface area contributed by atoms with Crippen LogP contribution in [0.3, 0.4) is 0 Å². The smallest absolute Gasteiger partial charge is 0.262 e. The number of aromatic nitrogens is 4. The molecule has 0 fully saturated rings. The molecule has 0 saturated carbocycles. The van der Waals surface area contributed by atoms with Crippen molar-refractivity contribution in [2.75, 3.05) is 0 Å². The van der Waals surface area contributed by atoms with Gasteiger partial charge in [0.05, 0.1) is 28.0 Å². The van der Waals surface area contributed by atoms with Gasteiger partial charge in [0, 0.05) is 5.56 Å². The van der Waals surface area contributed by atoms with Gasteiger partial charge in [0.15, 0.2) is 0 Å². The molecule has 0 radical (unpaired) electrons. The van der Waals surface area contributed by atoms with Crippen LogP contribution in [-0.4, -0.2) is 19.5 Å². The maximum absolute atomic E-state index is 13.9. The molecule has 1 unspecified atom stereocenters. The zero-order valence-electron chi connectivity index (χ0n) is 19.5. The normalized spacial score (nSPS) is 12.6. The number of aryl methyl sites for hydroxylation is 2. The van der Waals surface area contributed by atoms with Crippen LogP contribution in [0.15, 0.2) is 71.5 Å². The second-order valence-electron chi connectivity index (χ2n) is 9.21. The number of H-pyrrole nitrogens is 1. The summed E-state index contributed by atoms with van der Waals surface area (Å²) in [5.41, 5.74) is 5.91. The highest BCUT2D eigenvalue weighted by Crippen LogP contribution is 2.30. The van der Waals surface area contributed by atoms with E-state index in [0.717, 1.165) is 28.8 Å². The predicted octanol–water partition coefficient (Wildman–Crippen LogP) is 6.19.